The number of nitrogens with zero attached hydrogens (tertiary/aromatic N) is 1. The van der Waals surface area contributed by atoms with Crippen molar-refractivity contribution >= 4 is 11.8 Å². The number of hydrogen-bond acceptors (Lipinski definition) is 4. The largest absolute Gasteiger partial charge is 0.484 e. The van der Waals surface area contributed by atoms with Gasteiger partial charge in [0.05, 0.1) is 6.54 Å². The van der Waals surface area contributed by atoms with E-state index in [-0.39, 0.29) is 25.0 Å². The first kappa shape index (κ1) is 17.7. The van der Waals surface area contributed by atoms with E-state index >= 15 is 0 Å². The van der Waals surface area contributed by atoms with E-state index in [1.54, 1.807) is 12.1 Å². The molecule has 25 heavy (non-hydrogen) atoms. The predicted molar refractivity (Wildman–Crippen MR) is 93.2 cm³/mol. The van der Waals surface area contributed by atoms with Gasteiger partial charge in [0.2, 0.25) is 5.91 Å². The van der Waals surface area contributed by atoms with Gasteiger partial charge >= 0.3 is 0 Å². The molecular weight excluding hydrogens is 320 g/mol. The second kappa shape index (κ2) is 8.85. The van der Waals surface area contributed by atoms with E-state index in [9.17, 15) is 9.59 Å². The van der Waals surface area contributed by atoms with E-state index in [1.165, 1.54) is 0 Å². The number of hydrogen-bond donors (Lipinski definition) is 1. The third kappa shape index (κ3) is 5.19. The van der Waals surface area contributed by atoms with Crippen molar-refractivity contribution in [2.75, 3.05) is 39.5 Å². The maximum atomic E-state index is 12.3. The molecule has 1 atom stereocenters. The molecule has 0 saturated carbocycles. The minimum atomic E-state index is -0.280. The Balaban J connectivity index is 1.35. The standard InChI is InChI=1S/C19H26N2O4/c22-18(14-25-17-4-2-1-3-5-17)20-12-19(23)21-9-6-16(13-21)15-7-10-24-11-8-15/h1-5,15-16H,6-14H2,(H,20,22)/t16-/m0/s1. The molecular formula is C19H26N2O4. The molecule has 2 fully saturated rings. The zero-order valence-electron chi connectivity index (χ0n) is 14.5. The van der Waals surface area contributed by atoms with Crippen molar-refractivity contribution in [1.82, 2.24) is 10.2 Å². The van der Waals surface area contributed by atoms with Crippen molar-refractivity contribution in [3.05, 3.63) is 30.3 Å². The summed E-state index contributed by atoms with van der Waals surface area (Å²) in [6.07, 6.45) is 3.25. The Labute approximate surface area is 148 Å². The highest BCUT2D eigenvalue weighted by molar-refractivity contribution is 5.85. The van der Waals surface area contributed by atoms with Crippen molar-refractivity contribution in [3.8, 4) is 5.75 Å². The van der Waals surface area contributed by atoms with E-state index in [0.717, 1.165) is 45.6 Å². The highest BCUT2D eigenvalue weighted by Gasteiger charge is 2.32. The fourth-order valence-electron chi connectivity index (χ4n) is 3.59. The van der Waals surface area contributed by atoms with E-state index < -0.39 is 0 Å². The fraction of sp³-hybridized carbons (Fsp3) is 0.579. The number of carbonyl (C=O) groups excluding carboxylic acids is 2. The van der Waals surface area contributed by atoms with Crippen molar-refractivity contribution in [2.45, 2.75) is 19.3 Å². The summed E-state index contributed by atoms with van der Waals surface area (Å²) >= 11 is 0. The summed E-state index contributed by atoms with van der Waals surface area (Å²) in [5.74, 6) is 1.59. The summed E-state index contributed by atoms with van der Waals surface area (Å²) in [7, 11) is 0. The normalized spacial score (nSPS) is 21.1. The molecule has 0 spiro atoms. The van der Waals surface area contributed by atoms with Crippen LogP contribution in [-0.4, -0.2) is 56.2 Å². The number of amides is 2. The Bertz CT molecular complexity index is 572. The van der Waals surface area contributed by atoms with Gasteiger partial charge < -0.3 is 19.7 Å². The van der Waals surface area contributed by atoms with Crippen LogP contribution < -0.4 is 10.1 Å². The Morgan fingerprint density at radius 1 is 1.12 bits per heavy atom. The van der Waals surface area contributed by atoms with Gasteiger partial charge in [0.1, 0.15) is 5.75 Å². The number of rotatable bonds is 6. The summed E-state index contributed by atoms with van der Waals surface area (Å²) < 4.78 is 10.8. The molecule has 1 aromatic carbocycles. The van der Waals surface area contributed by atoms with Crippen LogP contribution in [0.25, 0.3) is 0 Å². The summed E-state index contributed by atoms with van der Waals surface area (Å²) in [5, 5.41) is 2.65. The quantitative estimate of drug-likeness (QED) is 0.847. The van der Waals surface area contributed by atoms with Crippen LogP contribution in [0, 0.1) is 11.8 Å². The third-order valence-electron chi connectivity index (χ3n) is 5.06. The lowest BCUT2D eigenvalue weighted by molar-refractivity contribution is -0.132. The number of carbonyl (C=O) groups is 2. The van der Waals surface area contributed by atoms with Crippen LogP contribution in [0.1, 0.15) is 19.3 Å². The van der Waals surface area contributed by atoms with E-state index in [2.05, 4.69) is 5.32 Å². The Kier molecular flexibility index (Phi) is 6.28. The molecule has 3 rings (SSSR count). The molecule has 136 valence electrons. The number of para-hydroxylation sites is 1. The number of nitrogens with one attached hydrogen (secondary N) is 1. The molecule has 2 heterocycles. The number of likely N-dealkylation sites (tertiary alicyclic amines) is 1. The Morgan fingerprint density at radius 2 is 1.88 bits per heavy atom. The maximum absolute atomic E-state index is 12.3. The SMILES string of the molecule is O=C(COc1ccccc1)NCC(=O)N1CC[C@H](C2CCOCC2)C1. The van der Waals surface area contributed by atoms with Crippen molar-refractivity contribution in [2.24, 2.45) is 11.8 Å². The van der Waals surface area contributed by atoms with Crippen LogP contribution in [0.5, 0.6) is 5.75 Å². The average molecular weight is 346 g/mol. The van der Waals surface area contributed by atoms with Crippen LogP contribution in [-0.2, 0) is 14.3 Å². The van der Waals surface area contributed by atoms with E-state index in [4.69, 9.17) is 9.47 Å². The van der Waals surface area contributed by atoms with Gasteiger partial charge in [0.15, 0.2) is 6.61 Å². The van der Waals surface area contributed by atoms with Crippen LogP contribution in [0.15, 0.2) is 30.3 Å². The molecule has 2 saturated heterocycles. The summed E-state index contributed by atoms with van der Waals surface area (Å²) in [5.41, 5.74) is 0. The average Bonchev–Trinajstić information content (AvgIpc) is 3.16. The minimum absolute atomic E-state index is 0.0115. The van der Waals surface area contributed by atoms with Crippen LogP contribution in [0.3, 0.4) is 0 Å². The summed E-state index contributed by atoms with van der Waals surface area (Å²) in [6, 6.07) is 9.16. The van der Waals surface area contributed by atoms with E-state index in [0.29, 0.717) is 17.6 Å². The zero-order chi connectivity index (χ0) is 17.5. The smallest absolute Gasteiger partial charge is 0.258 e. The van der Waals surface area contributed by atoms with Gasteiger partial charge in [-0.3, -0.25) is 9.59 Å². The van der Waals surface area contributed by atoms with Crippen molar-refractivity contribution in [1.29, 1.82) is 0 Å². The molecule has 2 aliphatic heterocycles. The molecule has 1 aromatic rings. The minimum Gasteiger partial charge on any atom is -0.484 e. The first-order valence-electron chi connectivity index (χ1n) is 9.02. The van der Waals surface area contributed by atoms with Crippen molar-refractivity contribution < 1.29 is 19.1 Å². The fourth-order valence-corrected chi connectivity index (χ4v) is 3.59. The second-order valence-corrected chi connectivity index (χ2v) is 6.72. The lowest BCUT2D eigenvalue weighted by Crippen LogP contribution is -2.41. The molecule has 0 aromatic heterocycles. The van der Waals surface area contributed by atoms with Gasteiger partial charge in [-0.25, -0.2) is 0 Å². The van der Waals surface area contributed by atoms with Crippen LogP contribution in [0.2, 0.25) is 0 Å². The third-order valence-corrected chi connectivity index (χ3v) is 5.06. The number of benzene rings is 1. The molecule has 6 nitrogen and oxygen atoms in total. The summed E-state index contributed by atoms with van der Waals surface area (Å²) in [6.45, 7) is 3.23. The molecule has 6 heteroatoms. The molecule has 0 unspecified atom stereocenters. The monoisotopic (exact) mass is 346 g/mol. The van der Waals surface area contributed by atoms with Gasteiger partial charge in [0.25, 0.3) is 5.91 Å². The van der Waals surface area contributed by atoms with Gasteiger partial charge in [-0.2, -0.15) is 0 Å². The van der Waals surface area contributed by atoms with Crippen LogP contribution in [0.4, 0.5) is 0 Å². The molecule has 0 radical (unpaired) electrons. The first-order chi connectivity index (χ1) is 12.2. The topological polar surface area (TPSA) is 67.9 Å². The molecule has 1 N–H and O–H groups in total. The Hall–Kier alpha value is -2.08. The van der Waals surface area contributed by atoms with Gasteiger partial charge in [-0.05, 0) is 43.2 Å². The predicted octanol–water partition coefficient (Wildman–Crippen LogP) is 1.46. The lowest BCUT2D eigenvalue weighted by Gasteiger charge is -2.27. The second-order valence-electron chi connectivity index (χ2n) is 6.72. The van der Waals surface area contributed by atoms with Gasteiger partial charge in [-0.15, -0.1) is 0 Å². The highest BCUT2D eigenvalue weighted by atomic mass is 16.5. The highest BCUT2D eigenvalue weighted by Crippen LogP contribution is 2.31. The maximum Gasteiger partial charge on any atom is 0.258 e. The molecule has 2 aliphatic rings. The van der Waals surface area contributed by atoms with Crippen molar-refractivity contribution in [3.63, 3.8) is 0 Å². The zero-order valence-corrected chi connectivity index (χ0v) is 14.5. The number of ether oxygens (including phenoxy) is 2. The van der Waals surface area contributed by atoms with Gasteiger partial charge in [-0.1, -0.05) is 18.2 Å². The van der Waals surface area contributed by atoms with Gasteiger partial charge in [0, 0.05) is 26.3 Å². The lowest BCUT2D eigenvalue weighted by atomic mass is 9.85. The molecule has 0 bridgehead atoms. The molecule has 2 amide bonds. The van der Waals surface area contributed by atoms with Crippen LogP contribution >= 0.6 is 0 Å². The summed E-state index contributed by atoms with van der Waals surface area (Å²) in [4.78, 5) is 26.0. The first-order valence-corrected chi connectivity index (χ1v) is 9.02. The molecule has 0 aliphatic carbocycles. The van der Waals surface area contributed by atoms with E-state index in [1.807, 2.05) is 23.1 Å². The Morgan fingerprint density at radius 3 is 2.64 bits per heavy atom.